The highest BCUT2D eigenvalue weighted by Crippen LogP contribution is 2.41. The van der Waals surface area contributed by atoms with Gasteiger partial charge in [0.2, 0.25) is 5.91 Å². The van der Waals surface area contributed by atoms with Crippen molar-refractivity contribution < 1.29 is 33.3 Å². The number of carbonyl (C=O) groups excluding carboxylic acids is 3. The zero-order valence-electron chi connectivity index (χ0n) is 39.8. The summed E-state index contributed by atoms with van der Waals surface area (Å²) in [5.41, 5.74) is 6.94. The van der Waals surface area contributed by atoms with Gasteiger partial charge in [0.1, 0.15) is 13.2 Å². The van der Waals surface area contributed by atoms with E-state index in [1.165, 1.54) is 11.1 Å². The van der Waals surface area contributed by atoms with Crippen molar-refractivity contribution in [3.05, 3.63) is 87.8 Å². The minimum absolute atomic E-state index is 0.0700. The van der Waals surface area contributed by atoms with Gasteiger partial charge < -0.3 is 33.6 Å². The molecule has 2 atom stereocenters. The highest BCUT2D eigenvalue weighted by molar-refractivity contribution is 8.76. The average molecular weight is 950 g/mol. The van der Waals surface area contributed by atoms with Crippen LogP contribution in [-0.2, 0) is 24.4 Å². The van der Waals surface area contributed by atoms with Crippen molar-refractivity contribution in [2.45, 2.75) is 96.3 Å². The molecule has 3 amide bonds. The quantitative estimate of drug-likeness (QED) is 0.0950. The van der Waals surface area contributed by atoms with Crippen molar-refractivity contribution in [1.29, 1.82) is 0 Å². The molecule has 0 radical (unpaired) electrons. The maximum Gasteiger partial charge on any atom is 0.257 e. The molecule has 6 heterocycles. The SMILES string of the molecule is CC=C1C[C@H]2C=Nc3cc(OCc4cc(CCCN5CCN(C(=O)CCC(C)(C)SSC)CC5)cc(COc5cc6c(cc5OC)C(=O)N5CC(=CC)C[C@H]5C=N6)n4)c(OC)cc3C(=O)N2C1. The third kappa shape index (κ3) is 11.2. The maximum atomic E-state index is 13.7. The Morgan fingerprint density at radius 1 is 0.761 bits per heavy atom. The topological polar surface area (TPSA) is 139 Å². The molecule has 16 heteroatoms. The summed E-state index contributed by atoms with van der Waals surface area (Å²) in [6.45, 7) is 13.9. The number of aryl methyl sites for hydroxylation is 1. The molecule has 8 rings (SSSR count). The molecule has 0 N–H and O–H groups in total. The van der Waals surface area contributed by atoms with E-state index >= 15 is 0 Å². The van der Waals surface area contributed by atoms with E-state index in [1.54, 1.807) is 49.3 Å². The summed E-state index contributed by atoms with van der Waals surface area (Å²) in [6.07, 6.45) is 14.6. The van der Waals surface area contributed by atoms with Crippen LogP contribution in [0.25, 0.3) is 0 Å². The molecule has 3 saturated heterocycles. The predicted octanol–water partition coefficient (Wildman–Crippen LogP) is 8.66. The highest BCUT2D eigenvalue weighted by Gasteiger charge is 2.36. The summed E-state index contributed by atoms with van der Waals surface area (Å²) in [5, 5.41) is 0. The Labute approximate surface area is 402 Å². The van der Waals surface area contributed by atoms with Crippen LogP contribution in [0.1, 0.15) is 97.5 Å². The third-order valence-electron chi connectivity index (χ3n) is 13.3. The van der Waals surface area contributed by atoms with Crippen LogP contribution in [0.5, 0.6) is 23.0 Å². The number of aliphatic imine (C=N–C) groups is 2. The fourth-order valence-electron chi connectivity index (χ4n) is 9.40. The van der Waals surface area contributed by atoms with Crippen LogP contribution in [-0.4, -0.2) is 138 Å². The van der Waals surface area contributed by atoms with Gasteiger partial charge in [-0.05, 0) is 102 Å². The Bertz CT molecular complexity index is 2340. The van der Waals surface area contributed by atoms with Crippen molar-refractivity contribution >= 4 is 63.1 Å². The van der Waals surface area contributed by atoms with Gasteiger partial charge in [-0.2, -0.15) is 0 Å². The maximum absolute atomic E-state index is 13.7. The van der Waals surface area contributed by atoms with Gasteiger partial charge in [-0.1, -0.05) is 44.9 Å². The van der Waals surface area contributed by atoms with Gasteiger partial charge in [-0.15, -0.1) is 0 Å². The van der Waals surface area contributed by atoms with Gasteiger partial charge in [0.25, 0.3) is 11.8 Å². The number of ether oxygens (including phenoxy) is 4. The fourth-order valence-corrected chi connectivity index (χ4v) is 11.6. The van der Waals surface area contributed by atoms with Crippen LogP contribution in [0.15, 0.2) is 69.7 Å². The summed E-state index contributed by atoms with van der Waals surface area (Å²) >= 11 is 0. The smallest absolute Gasteiger partial charge is 0.257 e. The van der Waals surface area contributed by atoms with Crippen molar-refractivity contribution in [3.8, 4) is 23.0 Å². The minimum Gasteiger partial charge on any atom is -0.493 e. The number of methoxy groups -OCH3 is 2. The highest BCUT2D eigenvalue weighted by atomic mass is 33.1. The summed E-state index contributed by atoms with van der Waals surface area (Å²) in [4.78, 5) is 63.2. The Kier molecular flexibility index (Phi) is 15.3. The summed E-state index contributed by atoms with van der Waals surface area (Å²) in [7, 11) is 6.71. The van der Waals surface area contributed by atoms with E-state index in [1.807, 2.05) is 51.8 Å². The number of fused-ring (bicyclic) bond motifs is 4. The number of amides is 3. The second-order valence-corrected chi connectivity index (χ2v) is 21.4. The molecule has 356 valence electrons. The number of benzene rings is 2. The first kappa shape index (κ1) is 48.1. The third-order valence-corrected chi connectivity index (χ3v) is 16.0. The van der Waals surface area contributed by atoms with Crippen LogP contribution in [0.3, 0.4) is 0 Å². The summed E-state index contributed by atoms with van der Waals surface area (Å²) in [6, 6.07) is 10.9. The molecule has 5 aliphatic rings. The van der Waals surface area contributed by atoms with Gasteiger partial charge in [0, 0.05) is 75.0 Å². The number of carbonyl (C=O) groups is 3. The molecule has 0 unspecified atom stereocenters. The minimum atomic E-state index is -0.0927. The molecule has 1 aromatic heterocycles. The lowest BCUT2D eigenvalue weighted by atomic mass is 10.1. The van der Waals surface area contributed by atoms with Gasteiger partial charge in [-0.25, -0.2) is 0 Å². The lowest BCUT2D eigenvalue weighted by Gasteiger charge is -2.35. The first-order valence-electron chi connectivity index (χ1n) is 23.3. The van der Waals surface area contributed by atoms with E-state index in [2.05, 4.69) is 49.3 Å². The van der Waals surface area contributed by atoms with Crippen LogP contribution in [0.4, 0.5) is 11.4 Å². The molecule has 67 heavy (non-hydrogen) atoms. The van der Waals surface area contributed by atoms with Crippen molar-refractivity contribution in [2.24, 2.45) is 9.98 Å². The van der Waals surface area contributed by atoms with Crippen molar-refractivity contribution in [1.82, 2.24) is 24.6 Å². The van der Waals surface area contributed by atoms with E-state index in [-0.39, 0.29) is 47.8 Å². The van der Waals surface area contributed by atoms with Gasteiger partial charge in [0.15, 0.2) is 23.0 Å². The molecule has 3 aromatic rings. The van der Waals surface area contributed by atoms with E-state index in [0.717, 1.165) is 70.4 Å². The number of allylic oxidation sites excluding steroid dienone is 2. The number of rotatable bonds is 17. The molecule has 2 aromatic carbocycles. The second-order valence-electron chi connectivity index (χ2n) is 18.3. The molecule has 0 spiro atoms. The summed E-state index contributed by atoms with van der Waals surface area (Å²) < 4.78 is 24.5. The first-order valence-corrected chi connectivity index (χ1v) is 25.8. The Morgan fingerprint density at radius 3 is 1.76 bits per heavy atom. The predicted molar refractivity (Wildman–Crippen MR) is 267 cm³/mol. The number of piperazine rings is 1. The number of aromatic nitrogens is 1. The van der Waals surface area contributed by atoms with E-state index in [9.17, 15) is 14.4 Å². The number of nitrogens with zero attached hydrogens (tertiary/aromatic N) is 7. The Balaban J connectivity index is 0.975. The fraction of sp³-hybridized carbons (Fsp3) is 0.490. The average Bonchev–Trinajstić information content (AvgIpc) is 3.91. The number of pyridine rings is 1. The molecular formula is C51H63N7O7S2. The van der Waals surface area contributed by atoms with Crippen LogP contribution in [0.2, 0.25) is 0 Å². The molecular weight excluding hydrogens is 887 g/mol. The standard InChI is InChI=1S/C51H63N7O7S2/c1-8-33-21-38-27-52-42-25-46(44(62-5)23-40(42)49(60)57(38)29-33)64-31-36-19-35(11-10-14-55-15-17-56(18-16-55)48(59)12-13-51(3,4)67-66-7)20-37(54-36)32-65-47-26-43-41(24-45(47)63-6)50(61)58-30-34(9-2)22-39(58)28-53-43/h8-9,19-20,23-28,38-39H,10-18,21-22,29-32H2,1-7H3/t38-,39-/m0/s1. The van der Waals surface area contributed by atoms with Gasteiger partial charge >= 0.3 is 0 Å². The molecule has 0 bridgehead atoms. The number of hydrogen-bond acceptors (Lipinski definition) is 13. The lowest BCUT2D eigenvalue weighted by molar-refractivity contribution is -0.133. The van der Waals surface area contributed by atoms with Crippen molar-refractivity contribution in [2.75, 3.05) is 66.3 Å². The normalized spacial score (nSPS) is 20.4. The van der Waals surface area contributed by atoms with Crippen LogP contribution < -0.4 is 18.9 Å². The monoisotopic (exact) mass is 949 g/mol. The molecule has 0 aliphatic carbocycles. The molecule has 14 nitrogen and oxygen atoms in total. The first-order chi connectivity index (χ1) is 32.4. The van der Waals surface area contributed by atoms with Gasteiger partial charge in [0.05, 0.1) is 60.2 Å². The molecule has 0 saturated carbocycles. The van der Waals surface area contributed by atoms with Crippen LogP contribution >= 0.6 is 21.6 Å². The molecule has 3 fully saturated rings. The van der Waals surface area contributed by atoms with Crippen LogP contribution in [0, 0.1) is 0 Å². The van der Waals surface area contributed by atoms with Crippen molar-refractivity contribution in [3.63, 3.8) is 0 Å². The zero-order valence-corrected chi connectivity index (χ0v) is 41.5. The largest absolute Gasteiger partial charge is 0.493 e. The summed E-state index contributed by atoms with van der Waals surface area (Å²) in [5.74, 6) is 1.87. The lowest BCUT2D eigenvalue weighted by Crippen LogP contribution is -2.49. The van der Waals surface area contributed by atoms with E-state index in [0.29, 0.717) is 76.4 Å². The Hall–Kier alpha value is -5.32. The zero-order chi connectivity index (χ0) is 47.2. The Morgan fingerprint density at radius 2 is 1.28 bits per heavy atom. The number of hydrogen-bond donors (Lipinski definition) is 0. The molecule has 5 aliphatic heterocycles. The van der Waals surface area contributed by atoms with E-state index < -0.39 is 0 Å². The second kappa shape index (κ2) is 21.3. The van der Waals surface area contributed by atoms with E-state index in [4.69, 9.17) is 33.9 Å². The van der Waals surface area contributed by atoms with Gasteiger partial charge in [-0.3, -0.25) is 34.3 Å².